The molecule has 0 saturated carbocycles. The van der Waals surface area contributed by atoms with Crippen molar-refractivity contribution in [3.8, 4) is 0 Å². The van der Waals surface area contributed by atoms with Crippen LogP contribution in [0.15, 0.2) is 24.3 Å². The molecule has 1 aromatic rings. The minimum Gasteiger partial charge on any atom is -0.350 e. The van der Waals surface area contributed by atoms with Crippen LogP contribution in [-0.4, -0.2) is 47.3 Å². The third kappa shape index (κ3) is 3.96. The van der Waals surface area contributed by atoms with Gasteiger partial charge in [0.15, 0.2) is 0 Å². The molecule has 2 aliphatic rings. The molecule has 5 heteroatoms. The molecule has 0 spiro atoms. The number of nitrogens with zero attached hydrogens (tertiary/aromatic N) is 2. The van der Waals surface area contributed by atoms with Gasteiger partial charge in [0.25, 0.3) is 0 Å². The van der Waals surface area contributed by atoms with Crippen LogP contribution in [0.1, 0.15) is 43.7 Å². The molecule has 0 aromatic heterocycles. The highest BCUT2D eigenvalue weighted by Crippen LogP contribution is 2.19. The smallest absolute Gasteiger partial charge is 0.243 e. The van der Waals surface area contributed by atoms with E-state index in [1.807, 2.05) is 6.07 Å². The SMILES string of the molecule is CC(=O)N1CCCC1C(=O)NCc1ccccc1CN1CCCC1. The largest absolute Gasteiger partial charge is 0.350 e. The fraction of sp³-hybridized carbons (Fsp3) is 0.579. The molecule has 1 N–H and O–H groups in total. The molecule has 2 saturated heterocycles. The van der Waals surface area contributed by atoms with Crippen LogP contribution in [0.4, 0.5) is 0 Å². The van der Waals surface area contributed by atoms with Gasteiger partial charge in [0.2, 0.25) is 11.8 Å². The molecule has 0 bridgehead atoms. The van der Waals surface area contributed by atoms with E-state index in [0.29, 0.717) is 13.1 Å². The first-order chi connectivity index (χ1) is 11.6. The molecule has 2 heterocycles. The summed E-state index contributed by atoms with van der Waals surface area (Å²) in [6.07, 6.45) is 4.23. The summed E-state index contributed by atoms with van der Waals surface area (Å²) in [7, 11) is 0. The summed E-state index contributed by atoms with van der Waals surface area (Å²) >= 11 is 0. The van der Waals surface area contributed by atoms with Crippen molar-refractivity contribution >= 4 is 11.8 Å². The van der Waals surface area contributed by atoms with E-state index in [4.69, 9.17) is 0 Å². The molecule has 130 valence electrons. The van der Waals surface area contributed by atoms with Crippen LogP contribution < -0.4 is 5.32 Å². The van der Waals surface area contributed by atoms with Gasteiger partial charge in [0.05, 0.1) is 0 Å². The second kappa shape index (κ2) is 7.79. The summed E-state index contributed by atoms with van der Waals surface area (Å²) in [6, 6.07) is 8.02. The fourth-order valence-electron chi connectivity index (χ4n) is 3.78. The number of hydrogen-bond donors (Lipinski definition) is 1. The Morgan fingerprint density at radius 3 is 2.50 bits per heavy atom. The van der Waals surface area contributed by atoms with Gasteiger partial charge in [-0.1, -0.05) is 24.3 Å². The standard InChI is InChI=1S/C19H27N3O2/c1-15(23)22-12-6-9-18(22)19(24)20-13-16-7-2-3-8-17(16)14-21-10-4-5-11-21/h2-3,7-8,18H,4-6,9-14H2,1H3,(H,20,24). The number of amides is 2. The maximum absolute atomic E-state index is 12.5. The predicted molar refractivity (Wildman–Crippen MR) is 93.2 cm³/mol. The molecule has 1 unspecified atom stereocenters. The maximum Gasteiger partial charge on any atom is 0.243 e. The number of hydrogen-bond acceptors (Lipinski definition) is 3. The molecule has 2 aliphatic heterocycles. The molecule has 0 radical (unpaired) electrons. The molecule has 1 aromatic carbocycles. The Morgan fingerprint density at radius 1 is 1.08 bits per heavy atom. The molecular weight excluding hydrogens is 302 g/mol. The van der Waals surface area contributed by atoms with Crippen molar-refractivity contribution in [2.45, 2.75) is 51.7 Å². The molecule has 5 nitrogen and oxygen atoms in total. The van der Waals surface area contributed by atoms with Crippen LogP contribution in [0, 0.1) is 0 Å². The Morgan fingerprint density at radius 2 is 1.79 bits per heavy atom. The lowest BCUT2D eigenvalue weighted by molar-refractivity contribution is -0.136. The summed E-state index contributed by atoms with van der Waals surface area (Å²) < 4.78 is 0. The molecule has 2 fully saturated rings. The van der Waals surface area contributed by atoms with E-state index in [1.54, 1.807) is 4.90 Å². The van der Waals surface area contributed by atoms with Crippen molar-refractivity contribution in [3.63, 3.8) is 0 Å². The Bertz CT molecular complexity index is 596. The molecular formula is C19H27N3O2. The summed E-state index contributed by atoms with van der Waals surface area (Å²) in [5.74, 6) is -0.0410. The van der Waals surface area contributed by atoms with Crippen molar-refractivity contribution < 1.29 is 9.59 Å². The molecule has 2 amide bonds. The van der Waals surface area contributed by atoms with Crippen molar-refractivity contribution in [2.75, 3.05) is 19.6 Å². The van der Waals surface area contributed by atoms with E-state index in [0.717, 1.165) is 32.5 Å². The van der Waals surface area contributed by atoms with Crippen LogP contribution >= 0.6 is 0 Å². The summed E-state index contributed by atoms with van der Waals surface area (Å²) in [5.41, 5.74) is 2.46. The van der Waals surface area contributed by atoms with E-state index in [2.05, 4.69) is 28.4 Å². The van der Waals surface area contributed by atoms with Crippen LogP contribution in [0.3, 0.4) is 0 Å². The third-order valence-electron chi connectivity index (χ3n) is 5.12. The Kier molecular flexibility index (Phi) is 5.51. The lowest BCUT2D eigenvalue weighted by Crippen LogP contribution is -2.45. The van der Waals surface area contributed by atoms with Gasteiger partial charge in [-0.3, -0.25) is 14.5 Å². The zero-order valence-electron chi connectivity index (χ0n) is 14.5. The predicted octanol–water partition coefficient (Wildman–Crippen LogP) is 1.91. The first kappa shape index (κ1) is 17.0. The first-order valence-electron chi connectivity index (χ1n) is 8.99. The Balaban J connectivity index is 1.60. The number of carbonyl (C=O) groups excluding carboxylic acids is 2. The highest BCUT2D eigenvalue weighted by molar-refractivity contribution is 5.87. The van der Waals surface area contributed by atoms with E-state index in [1.165, 1.54) is 30.9 Å². The Labute approximate surface area is 144 Å². The quantitative estimate of drug-likeness (QED) is 0.898. The average molecular weight is 329 g/mol. The van der Waals surface area contributed by atoms with Gasteiger partial charge in [-0.25, -0.2) is 0 Å². The number of benzene rings is 1. The van der Waals surface area contributed by atoms with Crippen molar-refractivity contribution in [3.05, 3.63) is 35.4 Å². The van der Waals surface area contributed by atoms with Gasteiger partial charge in [0, 0.05) is 26.6 Å². The monoisotopic (exact) mass is 329 g/mol. The minimum absolute atomic E-state index is 0.0120. The first-order valence-corrected chi connectivity index (χ1v) is 8.99. The summed E-state index contributed by atoms with van der Waals surface area (Å²) in [5, 5.41) is 3.04. The van der Waals surface area contributed by atoms with Crippen molar-refractivity contribution in [1.82, 2.24) is 15.1 Å². The Hall–Kier alpha value is -1.88. The zero-order chi connectivity index (χ0) is 16.9. The summed E-state index contributed by atoms with van der Waals surface area (Å²) in [6.45, 7) is 6.04. The lowest BCUT2D eigenvalue weighted by Gasteiger charge is -2.23. The van der Waals surface area contributed by atoms with Gasteiger partial charge in [0.1, 0.15) is 6.04 Å². The second-order valence-electron chi connectivity index (χ2n) is 6.84. The maximum atomic E-state index is 12.5. The highest BCUT2D eigenvalue weighted by Gasteiger charge is 2.32. The molecule has 0 aliphatic carbocycles. The minimum atomic E-state index is -0.298. The van der Waals surface area contributed by atoms with E-state index in [-0.39, 0.29) is 17.9 Å². The molecule has 3 rings (SSSR count). The zero-order valence-corrected chi connectivity index (χ0v) is 14.5. The van der Waals surface area contributed by atoms with E-state index < -0.39 is 0 Å². The fourth-order valence-corrected chi connectivity index (χ4v) is 3.78. The number of carbonyl (C=O) groups is 2. The topological polar surface area (TPSA) is 52.7 Å². The lowest BCUT2D eigenvalue weighted by atomic mass is 10.1. The van der Waals surface area contributed by atoms with Crippen LogP contribution in [0.5, 0.6) is 0 Å². The van der Waals surface area contributed by atoms with Gasteiger partial charge in [-0.05, 0) is 49.9 Å². The van der Waals surface area contributed by atoms with Gasteiger partial charge < -0.3 is 10.2 Å². The van der Waals surface area contributed by atoms with Crippen molar-refractivity contribution in [1.29, 1.82) is 0 Å². The normalized spacial score (nSPS) is 21.2. The molecule has 24 heavy (non-hydrogen) atoms. The van der Waals surface area contributed by atoms with E-state index in [9.17, 15) is 9.59 Å². The average Bonchev–Trinajstić information content (AvgIpc) is 3.25. The van der Waals surface area contributed by atoms with E-state index >= 15 is 0 Å². The summed E-state index contributed by atoms with van der Waals surface area (Å²) in [4.78, 5) is 28.3. The van der Waals surface area contributed by atoms with Gasteiger partial charge in [-0.2, -0.15) is 0 Å². The third-order valence-corrected chi connectivity index (χ3v) is 5.12. The van der Waals surface area contributed by atoms with Crippen molar-refractivity contribution in [2.24, 2.45) is 0 Å². The van der Waals surface area contributed by atoms with Gasteiger partial charge in [-0.15, -0.1) is 0 Å². The van der Waals surface area contributed by atoms with Gasteiger partial charge >= 0.3 is 0 Å². The highest BCUT2D eigenvalue weighted by atomic mass is 16.2. The number of likely N-dealkylation sites (tertiary alicyclic amines) is 2. The molecule has 1 atom stereocenters. The van der Waals surface area contributed by atoms with Crippen LogP contribution in [-0.2, 0) is 22.7 Å². The van der Waals surface area contributed by atoms with Crippen LogP contribution in [0.25, 0.3) is 0 Å². The second-order valence-corrected chi connectivity index (χ2v) is 6.84. The number of nitrogens with one attached hydrogen (secondary N) is 1. The number of rotatable bonds is 5. The van der Waals surface area contributed by atoms with Crippen LogP contribution in [0.2, 0.25) is 0 Å².